The molecule has 0 fully saturated rings. The fraction of sp³-hybridized carbons (Fsp3) is 0.214. The van der Waals surface area contributed by atoms with E-state index in [2.05, 4.69) is 16.2 Å². The molecule has 0 bridgehead atoms. The molecule has 3 nitrogen and oxygen atoms in total. The number of aryl methyl sites for hydroxylation is 1. The lowest BCUT2D eigenvalue weighted by Crippen LogP contribution is -2.61. The molecule has 0 aliphatic heterocycles. The zero-order valence-corrected chi connectivity index (χ0v) is 11.8. The van der Waals surface area contributed by atoms with Gasteiger partial charge in [-0.2, -0.15) is 0 Å². The standard InChI is InChI=1S/C12H12N2OS.C2H6/c1-3-4-12(16-14-15)9-13-11-7-5-10(2)6-8-11;1-2/h3-9H,1H2,2H3;1-2H3/p+1/b12-4-,13-9?;. The molecular formula is C14H19N2OS+. The van der Waals surface area contributed by atoms with Crippen molar-refractivity contribution in [3.05, 3.63) is 58.4 Å². The Hall–Kier alpha value is -1.68. The molecular weight excluding hydrogens is 244 g/mol. The van der Waals surface area contributed by atoms with Crippen LogP contribution < -0.4 is 4.99 Å². The fourth-order valence-electron chi connectivity index (χ4n) is 1.07. The van der Waals surface area contributed by atoms with Crippen molar-refractivity contribution in [3.63, 3.8) is 0 Å². The van der Waals surface area contributed by atoms with Gasteiger partial charge in [-0.3, -0.25) is 0 Å². The Morgan fingerprint density at radius 1 is 1.33 bits per heavy atom. The molecule has 0 aliphatic rings. The van der Waals surface area contributed by atoms with Gasteiger partial charge in [0.1, 0.15) is 0 Å². The largest absolute Gasteiger partial charge is 0.211 e. The van der Waals surface area contributed by atoms with E-state index < -0.39 is 0 Å². The van der Waals surface area contributed by atoms with Crippen molar-refractivity contribution in [3.8, 4) is 0 Å². The van der Waals surface area contributed by atoms with Gasteiger partial charge in [0.05, 0.1) is 16.9 Å². The van der Waals surface area contributed by atoms with Gasteiger partial charge in [-0.05, 0) is 13.0 Å². The van der Waals surface area contributed by atoms with E-state index in [-0.39, 0.29) is 0 Å². The van der Waals surface area contributed by atoms with E-state index in [1.165, 1.54) is 5.56 Å². The summed E-state index contributed by atoms with van der Waals surface area (Å²) in [7, 11) is 0. The first-order valence-corrected chi connectivity index (χ1v) is 6.52. The van der Waals surface area contributed by atoms with E-state index in [1.54, 1.807) is 18.4 Å². The topological polar surface area (TPSA) is 43.4 Å². The second-order valence-electron chi connectivity index (χ2n) is 3.13. The van der Waals surface area contributed by atoms with Crippen LogP contribution in [0.5, 0.6) is 0 Å². The van der Waals surface area contributed by atoms with E-state index in [1.807, 2.05) is 45.0 Å². The highest BCUT2D eigenvalue weighted by atomic mass is 32.2. The lowest BCUT2D eigenvalue weighted by atomic mass is 10.2. The lowest BCUT2D eigenvalue weighted by molar-refractivity contribution is -0.346. The first kappa shape index (κ1) is 16.3. The number of benzene rings is 1. The summed E-state index contributed by atoms with van der Waals surface area (Å²) in [6, 6.07) is 7.96. The van der Waals surface area contributed by atoms with Gasteiger partial charge in [0.25, 0.3) is 0 Å². The summed E-state index contributed by atoms with van der Waals surface area (Å²) in [5.74, 6) is 0. The van der Waals surface area contributed by atoms with Crippen LogP contribution >= 0.6 is 11.9 Å². The van der Waals surface area contributed by atoms with Crippen molar-refractivity contribution in [2.75, 3.05) is 0 Å². The SMILES string of the molecule is C=C/C=C(/C=[NH+]c1ccc(C)cc1)SN=O.CC. The van der Waals surface area contributed by atoms with Gasteiger partial charge in [0.2, 0.25) is 5.69 Å². The molecule has 0 amide bonds. The maximum atomic E-state index is 10.1. The molecule has 4 heteroatoms. The van der Waals surface area contributed by atoms with Gasteiger partial charge < -0.3 is 0 Å². The fourth-order valence-corrected chi connectivity index (χ4v) is 1.42. The van der Waals surface area contributed by atoms with Gasteiger partial charge in [-0.25, -0.2) is 4.99 Å². The molecule has 96 valence electrons. The maximum absolute atomic E-state index is 10.1. The van der Waals surface area contributed by atoms with Crippen molar-refractivity contribution in [2.24, 2.45) is 4.58 Å². The number of allylic oxidation sites excluding steroid dienone is 3. The summed E-state index contributed by atoms with van der Waals surface area (Å²) in [6.07, 6.45) is 5.05. The van der Waals surface area contributed by atoms with Crippen molar-refractivity contribution in [1.29, 1.82) is 0 Å². The minimum absolute atomic E-state index is 0.713. The monoisotopic (exact) mass is 263 g/mol. The van der Waals surface area contributed by atoms with Gasteiger partial charge in [0.15, 0.2) is 6.21 Å². The second-order valence-corrected chi connectivity index (χ2v) is 3.93. The Morgan fingerprint density at radius 2 is 1.94 bits per heavy atom. The number of nitrogens with one attached hydrogen (secondary N) is 1. The average Bonchev–Trinajstić information content (AvgIpc) is 2.41. The molecule has 0 atom stereocenters. The third-order valence-corrected chi connectivity index (χ3v) is 2.40. The van der Waals surface area contributed by atoms with Crippen molar-refractivity contribution >= 4 is 23.8 Å². The molecule has 1 aromatic carbocycles. The minimum Gasteiger partial charge on any atom is -0.211 e. The van der Waals surface area contributed by atoms with Crippen LogP contribution in [0.3, 0.4) is 0 Å². The highest BCUT2D eigenvalue weighted by Gasteiger charge is 1.98. The minimum atomic E-state index is 0.713. The van der Waals surface area contributed by atoms with Crippen LogP contribution in [-0.2, 0) is 0 Å². The van der Waals surface area contributed by atoms with Crippen LogP contribution in [0.15, 0.2) is 52.5 Å². The summed E-state index contributed by atoms with van der Waals surface area (Å²) < 4.78 is 2.76. The number of nitrogens with zero attached hydrogens (tertiary/aromatic N) is 1. The zero-order valence-electron chi connectivity index (χ0n) is 11.0. The Bertz CT molecular complexity index is 422. The smallest absolute Gasteiger partial charge is 0.203 e. The normalized spacial score (nSPS) is 10.7. The van der Waals surface area contributed by atoms with Crippen LogP contribution in [0, 0.1) is 11.8 Å². The van der Waals surface area contributed by atoms with Crippen molar-refractivity contribution < 1.29 is 4.99 Å². The third kappa shape index (κ3) is 6.81. The van der Waals surface area contributed by atoms with Crippen LogP contribution in [0.25, 0.3) is 0 Å². The van der Waals surface area contributed by atoms with E-state index in [4.69, 9.17) is 0 Å². The van der Waals surface area contributed by atoms with E-state index in [0.29, 0.717) is 4.91 Å². The quantitative estimate of drug-likeness (QED) is 0.383. The molecule has 0 radical (unpaired) electrons. The maximum Gasteiger partial charge on any atom is 0.203 e. The Morgan fingerprint density at radius 3 is 2.44 bits per heavy atom. The predicted octanol–water partition coefficient (Wildman–Crippen LogP) is 3.29. The second kappa shape index (κ2) is 10.5. The lowest BCUT2D eigenvalue weighted by Gasteiger charge is -1.90. The van der Waals surface area contributed by atoms with Crippen LogP contribution in [-0.4, -0.2) is 6.21 Å². The zero-order chi connectivity index (χ0) is 13.8. The Kier molecular flexibility index (Phi) is 9.50. The Labute approximate surface area is 113 Å². The molecule has 0 heterocycles. The molecule has 18 heavy (non-hydrogen) atoms. The van der Waals surface area contributed by atoms with Crippen LogP contribution in [0.4, 0.5) is 5.69 Å². The summed E-state index contributed by atoms with van der Waals surface area (Å²) in [5, 5.41) is 0. The van der Waals surface area contributed by atoms with E-state index >= 15 is 0 Å². The number of rotatable bonds is 5. The van der Waals surface area contributed by atoms with Gasteiger partial charge >= 0.3 is 0 Å². The number of nitroso groups, excluding NO2 is 1. The highest BCUT2D eigenvalue weighted by molar-refractivity contribution is 8.02. The molecule has 0 aromatic heterocycles. The molecule has 1 aromatic rings. The van der Waals surface area contributed by atoms with Gasteiger partial charge in [0, 0.05) is 16.7 Å². The first-order valence-electron chi connectivity index (χ1n) is 5.75. The molecule has 0 saturated heterocycles. The molecule has 0 aliphatic carbocycles. The average molecular weight is 263 g/mol. The molecule has 0 spiro atoms. The number of hydrogen-bond acceptors (Lipinski definition) is 3. The van der Waals surface area contributed by atoms with Crippen LogP contribution in [0.1, 0.15) is 19.4 Å². The third-order valence-electron chi connectivity index (χ3n) is 1.86. The molecule has 1 rings (SSSR count). The van der Waals surface area contributed by atoms with E-state index in [0.717, 1.165) is 17.6 Å². The molecule has 1 N–H and O–H groups in total. The summed E-state index contributed by atoms with van der Waals surface area (Å²) >= 11 is 0.865. The summed E-state index contributed by atoms with van der Waals surface area (Å²) in [5.41, 5.74) is 2.17. The van der Waals surface area contributed by atoms with Crippen LogP contribution in [0.2, 0.25) is 0 Å². The predicted molar refractivity (Wildman–Crippen MR) is 80.9 cm³/mol. The van der Waals surface area contributed by atoms with Crippen molar-refractivity contribution in [1.82, 2.24) is 0 Å². The van der Waals surface area contributed by atoms with Crippen molar-refractivity contribution in [2.45, 2.75) is 20.8 Å². The summed E-state index contributed by atoms with van der Waals surface area (Å²) in [4.78, 5) is 13.9. The summed E-state index contributed by atoms with van der Waals surface area (Å²) in [6.45, 7) is 9.60. The first-order chi connectivity index (χ1) is 8.76. The van der Waals surface area contributed by atoms with E-state index in [9.17, 15) is 4.91 Å². The molecule has 0 unspecified atom stereocenters. The van der Waals surface area contributed by atoms with Gasteiger partial charge in [-0.15, -0.1) is 4.91 Å². The van der Waals surface area contributed by atoms with Gasteiger partial charge in [-0.1, -0.05) is 44.2 Å². The Balaban J connectivity index is 0.00000137. The number of hydrogen-bond donors (Lipinski definition) is 1. The molecule has 0 saturated carbocycles. The highest BCUT2D eigenvalue weighted by Crippen LogP contribution is 2.12.